The summed E-state index contributed by atoms with van der Waals surface area (Å²) in [6.45, 7) is 2.86. The van der Waals surface area contributed by atoms with Gasteiger partial charge in [0.2, 0.25) is 5.91 Å². The fourth-order valence-electron chi connectivity index (χ4n) is 3.86. The predicted molar refractivity (Wildman–Crippen MR) is 125 cm³/mol. The first-order valence-electron chi connectivity index (χ1n) is 12.1. The molecule has 0 atom stereocenters. The van der Waals surface area contributed by atoms with Gasteiger partial charge in [-0.3, -0.25) is 9.59 Å². The van der Waals surface area contributed by atoms with Crippen LogP contribution in [0, 0.1) is 11.8 Å². The van der Waals surface area contributed by atoms with Crippen LogP contribution in [0.4, 0.5) is 0 Å². The Morgan fingerprint density at radius 3 is 2.10 bits per heavy atom. The molecule has 0 heterocycles. The van der Waals surface area contributed by atoms with Crippen molar-refractivity contribution in [2.45, 2.75) is 96.8 Å². The monoisotopic (exact) mass is 417 g/mol. The molecule has 0 spiro atoms. The van der Waals surface area contributed by atoms with Gasteiger partial charge in [0.25, 0.3) is 0 Å². The third-order valence-electron chi connectivity index (χ3n) is 5.84. The average molecular weight is 418 g/mol. The van der Waals surface area contributed by atoms with E-state index in [-0.39, 0.29) is 11.8 Å². The van der Waals surface area contributed by atoms with Crippen molar-refractivity contribution in [2.24, 2.45) is 11.8 Å². The number of carbonyl (C=O) groups excluding carboxylic acids is 1. The molecule has 2 N–H and O–H groups in total. The molecule has 0 aliphatic heterocycles. The van der Waals surface area contributed by atoms with Crippen LogP contribution in [0.2, 0.25) is 0 Å². The van der Waals surface area contributed by atoms with Gasteiger partial charge in [-0.1, -0.05) is 62.6 Å². The lowest BCUT2D eigenvalue weighted by Gasteiger charge is -2.26. The molecule has 0 unspecified atom stereocenters. The Kier molecular flexibility index (Phi) is 15.7. The van der Waals surface area contributed by atoms with Gasteiger partial charge in [0.15, 0.2) is 0 Å². The largest absolute Gasteiger partial charge is 0.481 e. The first-order chi connectivity index (χ1) is 14.6. The van der Waals surface area contributed by atoms with Crippen LogP contribution in [0.25, 0.3) is 0 Å². The fourth-order valence-corrected chi connectivity index (χ4v) is 3.86. The first kappa shape index (κ1) is 26.2. The van der Waals surface area contributed by atoms with E-state index in [0.717, 1.165) is 64.2 Å². The van der Waals surface area contributed by atoms with Gasteiger partial charge in [0.05, 0.1) is 5.92 Å². The van der Waals surface area contributed by atoms with E-state index in [4.69, 9.17) is 5.11 Å². The number of carboxylic acids is 1. The average Bonchev–Trinajstić information content (AvgIpc) is 2.75. The molecule has 0 bridgehead atoms. The smallest absolute Gasteiger partial charge is 0.306 e. The van der Waals surface area contributed by atoms with Crippen LogP contribution >= 0.6 is 0 Å². The summed E-state index contributed by atoms with van der Waals surface area (Å²) in [6.07, 6.45) is 27.4. The summed E-state index contributed by atoms with van der Waals surface area (Å²) < 4.78 is 0. The van der Waals surface area contributed by atoms with Crippen LogP contribution in [0.5, 0.6) is 0 Å². The van der Waals surface area contributed by atoms with E-state index in [2.05, 4.69) is 48.7 Å². The molecule has 0 aromatic heterocycles. The lowest BCUT2D eigenvalue weighted by molar-refractivity contribution is -0.143. The Hall–Kier alpha value is -1.84. The number of allylic oxidation sites excluding steroid dienone is 6. The van der Waals surface area contributed by atoms with Crippen molar-refractivity contribution in [3.8, 4) is 0 Å². The van der Waals surface area contributed by atoms with Crippen molar-refractivity contribution in [3.05, 3.63) is 36.5 Å². The first-order valence-corrected chi connectivity index (χ1v) is 12.1. The van der Waals surface area contributed by atoms with Crippen molar-refractivity contribution in [3.63, 3.8) is 0 Å². The molecule has 0 aromatic rings. The highest BCUT2D eigenvalue weighted by molar-refractivity contribution is 5.75. The van der Waals surface area contributed by atoms with Crippen LogP contribution in [-0.2, 0) is 9.59 Å². The van der Waals surface area contributed by atoms with Crippen molar-refractivity contribution in [2.75, 3.05) is 6.54 Å². The van der Waals surface area contributed by atoms with Crippen LogP contribution in [0.15, 0.2) is 36.5 Å². The number of rotatable bonds is 16. The number of aliphatic carboxylic acids is 1. The van der Waals surface area contributed by atoms with E-state index in [0.29, 0.717) is 18.9 Å². The maximum Gasteiger partial charge on any atom is 0.306 e. The van der Waals surface area contributed by atoms with Gasteiger partial charge in [-0.05, 0) is 70.1 Å². The molecule has 4 heteroatoms. The summed E-state index contributed by atoms with van der Waals surface area (Å²) >= 11 is 0. The standard InChI is InChI=1S/C26H43NO3/c1-2-3-4-5-6-7-8-9-10-11-12-13-14-15-16-17-25(28)27-22-23-18-20-24(21-19-23)26(29)30/h3-4,6-7,9-10,23-24H,2,5,8,11-22H2,1H3,(H,27,28)(H,29,30)/b4-3-,7-6-,10-9-/t23-,24-. The molecular weight excluding hydrogens is 374 g/mol. The van der Waals surface area contributed by atoms with E-state index in [1.165, 1.54) is 19.3 Å². The van der Waals surface area contributed by atoms with Crippen molar-refractivity contribution >= 4 is 11.9 Å². The van der Waals surface area contributed by atoms with Gasteiger partial charge in [0.1, 0.15) is 0 Å². The van der Waals surface area contributed by atoms with Crippen LogP contribution in [0.3, 0.4) is 0 Å². The van der Waals surface area contributed by atoms with E-state index < -0.39 is 5.97 Å². The Labute approximate surface area is 183 Å². The molecule has 1 rings (SSSR count). The second-order valence-electron chi connectivity index (χ2n) is 8.46. The van der Waals surface area contributed by atoms with Gasteiger partial charge in [-0.25, -0.2) is 0 Å². The third kappa shape index (κ3) is 14.2. The minimum atomic E-state index is -0.670. The third-order valence-corrected chi connectivity index (χ3v) is 5.84. The Bertz CT molecular complexity index is 542. The second-order valence-corrected chi connectivity index (χ2v) is 8.46. The van der Waals surface area contributed by atoms with Gasteiger partial charge in [-0.15, -0.1) is 0 Å². The molecular formula is C26H43NO3. The number of amides is 1. The highest BCUT2D eigenvalue weighted by Gasteiger charge is 2.25. The summed E-state index contributed by atoms with van der Waals surface area (Å²) in [4.78, 5) is 22.9. The molecule has 4 nitrogen and oxygen atoms in total. The molecule has 1 aliphatic carbocycles. The highest BCUT2D eigenvalue weighted by Crippen LogP contribution is 2.28. The maximum absolute atomic E-state index is 12.0. The zero-order chi connectivity index (χ0) is 21.9. The normalized spacial score (nSPS) is 19.8. The van der Waals surface area contributed by atoms with Gasteiger partial charge in [-0.2, -0.15) is 0 Å². The molecule has 0 radical (unpaired) electrons. The minimum absolute atomic E-state index is 0.150. The molecule has 1 aliphatic rings. The molecule has 170 valence electrons. The number of hydrogen-bond acceptors (Lipinski definition) is 2. The molecule has 0 aromatic carbocycles. The zero-order valence-electron chi connectivity index (χ0n) is 19.0. The number of hydrogen-bond donors (Lipinski definition) is 2. The number of unbranched alkanes of at least 4 members (excludes halogenated alkanes) is 5. The number of nitrogens with one attached hydrogen (secondary N) is 1. The van der Waals surface area contributed by atoms with Crippen LogP contribution in [0.1, 0.15) is 96.8 Å². The quantitative estimate of drug-likeness (QED) is 0.220. The van der Waals surface area contributed by atoms with Gasteiger partial charge in [0, 0.05) is 13.0 Å². The van der Waals surface area contributed by atoms with Crippen molar-refractivity contribution < 1.29 is 14.7 Å². The highest BCUT2D eigenvalue weighted by atomic mass is 16.4. The maximum atomic E-state index is 12.0. The lowest BCUT2D eigenvalue weighted by atomic mass is 9.82. The summed E-state index contributed by atoms with van der Waals surface area (Å²) in [7, 11) is 0. The SMILES string of the molecule is CC/C=C\C/C=C\C/C=C\CCCCCCCC(=O)NC[C@H]1CC[C@H](C(=O)O)CC1. The molecule has 1 amide bonds. The summed E-state index contributed by atoms with van der Waals surface area (Å²) in [5.74, 6) is -0.249. The van der Waals surface area contributed by atoms with Crippen molar-refractivity contribution in [1.29, 1.82) is 0 Å². The Morgan fingerprint density at radius 2 is 1.43 bits per heavy atom. The van der Waals surface area contributed by atoms with E-state index in [1.54, 1.807) is 0 Å². The van der Waals surface area contributed by atoms with E-state index in [9.17, 15) is 9.59 Å². The topological polar surface area (TPSA) is 66.4 Å². The van der Waals surface area contributed by atoms with Crippen molar-refractivity contribution in [1.82, 2.24) is 5.32 Å². The second kappa shape index (κ2) is 18.0. The number of carbonyl (C=O) groups is 2. The molecule has 30 heavy (non-hydrogen) atoms. The Morgan fingerprint density at radius 1 is 0.833 bits per heavy atom. The minimum Gasteiger partial charge on any atom is -0.481 e. The zero-order valence-corrected chi connectivity index (χ0v) is 19.0. The van der Waals surface area contributed by atoms with E-state index >= 15 is 0 Å². The van der Waals surface area contributed by atoms with Gasteiger partial charge >= 0.3 is 5.97 Å². The Balaban J connectivity index is 1.88. The van der Waals surface area contributed by atoms with E-state index in [1.807, 2.05) is 0 Å². The van der Waals surface area contributed by atoms with Crippen LogP contribution < -0.4 is 5.32 Å². The summed E-state index contributed by atoms with van der Waals surface area (Å²) in [6, 6.07) is 0. The van der Waals surface area contributed by atoms with Crippen LogP contribution in [-0.4, -0.2) is 23.5 Å². The lowest BCUT2D eigenvalue weighted by Crippen LogP contribution is -2.32. The predicted octanol–water partition coefficient (Wildman–Crippen LogP) is 6.58. The summed E-state index contributed by atoms with van der Waals surface area (Å²) in [5, 5.41) is 12.1. The number of carboxylic acid groups (broad SMARTS) is 1. The molecule has 1 fully saturated rings. The molecule has 0 saturated heterocycles. The molecule has 1 saturated carbocycles. The van der Waals surface area contributed by atoms with Gasteiger partial charge < -0.3 is 10.4 Å². The summed E-state index contributed by atoms with van der Waals surface area (Å²) in [5.41, 5.74) is 0. The fraction of sp³-hybridized carbons (Fsp3) is 0.692.